The van der Waals surface area contributed by atoms with Crippen LogP contribution in [0.3, 0.4) is 0 Å². The predicted molar refractivity (Wildman–Crippen MR) is 99.3 cm³/mol. The minimum atomic E-state index is -1.05. The van der Waals surface area contributed by atoms with Crippen LogP contribution in [0.2, 0.25) is 0 Å². The molecule has 1 N–H and O–H groups in total. The lowest BCUT2D eigenvalue weighted by molar-refractivity contribution is -0.114. The van der Waals surface area contributed by atoms with Gasteiger partial charge < -0.3 is 14.6 Å². The first-order valence-electron chi connectivity index (χ1n) is 9.63. The number of carbonyl (C=O) groups excluding carboxylic acids is 1. The molecule has 1 atom stereocenters. The van der Waals surface area contributed by atoms with Gasteiger partial charge >= 0.3 is 0 Å². The molecule has 0 aromatic heterocycles. The molecule has 3 nitrogen and oxygen atoms in total. The first-order chi connectivity index (χ1) is 11.8. The molecule has 0 radical (unpaired) electrons. The molecule has 1 unspecified atom stereocenters. The fourth-order valence-corrected chi connectivity index (χ4v) is 2.84. The van der Waals surface area contributed by atoms with Gasteiger partial charge in [-0.05, 0) is 30.5 Å². The van der Waals surface area contributed by atoms with Crippen molar-refractivity contribution in [3.8, 4) is 5.75 Å². The minimum Gasteiger partial charge on any atom is -0.465 e. The highest BCUT2D eigenvalue weighted by Gasteiger charge is 2.04. The highest BCUT2D eigenvalue weighted by atomic mass is 16.6. The third kappa shape index (κ3) is 10.4. The number of hydrogen-bond acceptors (Lipinski definition) is 3. The molecule has 0 saturated heterocycles. The summed E-state index contributed by atoms with van der Waals surface area (Å²) in [4.78, 5) is 10.3. The van der Waals surface area contributed by atoms with Crippen molar-refractivity contribution in [3.63, 3.8) is 0 Å². The number of carbonyl (C=O) groups is 1. The van der Waals surface area contributed by atoms with E-state index in [-0.39, 0.29) is 6.42 Å². The van der Waals surface area contributed by atoms with E-state index in [0.29, 0.717) is 12.0 Å². The average Bonchev–Trinajstić information content (AvgIpc) is 2.58. The molecule has 0 fully saturated rings. The number of aliphatic hydroxyl groups excluding tert-OH is 1. The van der Waals surface area contributed by atoms with Crippen LogP contribution in [-0.2, 0) is 11.2 Å². The Labute approximate surface area is 147 Å². The molecule has 0 aliphatic heterocycles. The Morgan fingerprint density at radius 1 is 0.917 bits per heavy atom. The van der Waals surface area contributed by atoms with Crippen LogP contribution in [0.25, 0.3) is 0 Å². The molecule has 0 saturated carbocycles. The van der Waals surface area contributed by atoms with E-state index < -0.39 is 6.29 Å². The number of aldehydes is 1. The molecule has 1 aromatic rings. The van der Waals surface area contributed by atoms with E-state index in [4.69, 9.17) is 4.74 Å². The van der Waals surface area contributed by atoms with Crippen molar-refractivity contribution < 1.29 is 14.6 Å². The smallest absolute Gasteiger partial charge is 0.204 e. The molecule has 0 bridgehead atoms. The monoisotopic (exact) mass is 334 g/mol. The summed E-state index contributed by atoms with van der Waals surface area (Å²) in [5, 5.41) is 9.42. The first-order valence-corrected chi connectivity index (χ1v) is 9.63. The Hall–Kier alpha value is -1.35. The zero-order valence-corrected chi connectivity index (χ0v) is 15.2. The molecule has 0 aliphatic carbocycles. The second-order valence-corrected chi connectivity index (χ2v) is 6.55. The number of benzene rings is 1. The molecule has 1 aromatic carbocycles. The third-order valence-corrected chi connectivity index (χ3v) is 4.31. The van der Waals surface area contributed by atoms with Crippen LogP contribution in [0, 0.1) is 0 Å². The summed E-state index contributed by atoms with van der Waals surface area (Å²) < 4.78 is 5.24. The number of rotatable bonds is 15. The lowest BCUT2D eigenvalue weighted by atomic mass is 10.0. The zero-order chi connectivity index (χ0) is 17.5. The Bertz CT molecular complexity index is 414. The molecule has 0 spiro atoms. The Balaban J connectivity index is 2.04. The second-order valence-electron chi connectivity index (χ2n) is 6.55. The quantitative estimate of drug-likeness (QED) is 0.264. The largest absolute Gasteiger partial charge is 0.465 e. The maximum Gasteiger partial charge on any atom is 0.204 e. The van der Waals surface area contributed by atoms with Crippen LogP contribution in [-0.4, -0.2) is 17.7 Å². The van der Waals surface area contributed by atoms with Gasteiger partial charge in [-0.1, -0.05) is 76.8 Å². The van der Waals surface area contributed by atoms with Crippen LogP contribution in [0.15, 0.2) is 24.3 Å². The van der Waals surface area contributed by atoms with E-state index in [0.717, 1.165) is 6.42 Å². The lowest BCUT2D eigenvalue weighted by Crippen LogP contribution is -2.15. The van der Waals surface area contributed by atoms with Gasteiger partial charge in [-0.2, -0.15) is 0 Å². The normalized spacial score (nSPS) is 12.1. The number of unbranched alkanes of at least 4 members (excludes halogenated alkanes) is 9. The van der Waals surface area contributed by atoms with Gasteiger partial charge in [0, 0.05) is 0 Å². The highest BCUT2D eigenvalue weighted by molar-refractivity contribution is 5.49. The molecular weight excluding hydrogens is 300 g/mol. The van der Waals surface area contributed by atoms with Crippen molar-refractivity contribution in [2.24, 2.45) is 0 Å². The molecule has 1 rings (SSSR count). The fraction of sp³-hybridized carbons (Fsp3) is 0.667. The molecule has 24 heavy (non-hydrogen) atoms. The van der Waals surface area contributed by atoms with Gasteiger partial charge in [-0.15, -0.1) is 0 Å². The molecule has 136 valence electrons. The summed E-state index contributed by atoms with van der Waals surface area (Å²) in [7, 11) is 0. The van der Waals surface area contributed by atoms with E-state index in [9.17, 15) is 9.90 Å². The van der Waals surface area contributed by atoms with Crippen molar-refractivity contribution in [2.45, 2.75) is 90.3 Å². The number of aryl methyl sites for hydroxylation is 1. The van der Waals surface area contributed by atoms with E-state index in [2.05, 4.69) is 6.92 Å². The summed E-state index contributed by atoms with van der Waals surface area (Å²) in [6, 6.07) is 7.80. The summed E-state index contributed by atoms with van der Waals surface area (Å²) in [5.74, 6) is 0.608. The lowest BCUT2D eigenvalue weighted by Gasteiger charge is -2.11. The standard InChI is InChI=1S/C21H34O3/c1-2-3-4-5-6-7-8-9-10-11-12-19-13-15-20(16-14-19)24-21(23)17-18-22/h13-16,18,21,23H,2-12,17H2,1H3. The average molecular weight is 335 g/mol. The van der Waals surface area contributed by atoms with Crippen LogP contribution < -0.4 is 4.74 Å². The maximum absolute atomic E-state index is 10.3. The molecule has 3 heteroatoms. The summed E-state index contributed by atoms with van der Waals surface area (Å²) >= 11 is 0. The van der Waals surface area contributed by atoms with Gasteiger partial charge in [-0.3, -0.25) is 0 Å². The first kappa shape index (κ1) is 20.7. The summed E-state index contributed by atoms with van der Waals surface area (Å²) in [5.41, 5.74) is 1.30. The number of hydrogen-bond donors (Lipinski definition) is 1. The van der Waals surface area contributed by atoms with Gasteiger partial charge in [0.15, 0.2) is 0 Å². The van der Waals surface area contributed by atoms with Crippen molar-refractivity contribution in [2.75, 3.05) is 0 Å². The van der Waals surface area contributed by atoms with Crippen LogP contribution in [0.1, 0.15) is 83.1 Å². The van der Waals surface area contributed by atoms with Gasteiger partial charge in [0.25, 0.3) is 0 Å². The van der Waals surface area contributed by atoms with Crippen molar-refractivity contribution >= 4 is 6.29 Å². The van der Waals surface area contributed by atoms with E-state index in [1.807, 2.05) is 24.3 Å². The molecule has 0 amide bonds. The Kier molecular flexibility index (Phi) is 12.1. The van der Waals surface area contributed by atoms with Crippen molar-refractivity contribution in [1.82, 2.24) is 0 Å². The third-order valence-electron chi connectivity index (χ3n) is 4.31. The maximum atomic E-state index is 10.3. The summed E-state index contributed by atoms with van der Waals surface area (Å²) in [6.07, 6.45) is 14.2. The van der Waals surface area contributed by atoms with Gasteiger partial charge in [0.2, 0.25) is 6.29 Å². The number of ether oxygens (including phenoxy) is 1. The Morgan fingerprint density at radius 2 is 1.46 bits per heavy atom. The Morgan fingerprint density at radius 3 is 2.00 bits per heavy atom. The molecular formula is C21H34O3. The summed E-state index contributed by atoms with van der Waals surface area (Å²) in [6.45, 7) is 2.26. The van der Waals surface area contributed by atoms with Gasteiger partial charge in [0.1, 0.15) is 12.0 Å². The molecule has 0 aliphatic rings. The van der Waals surface area contributed by atoms with Crippen LogP contribution >= 0.6 is 0 Å². The molecule has 0 heterocycles. The second kappa shape index (κ2) is 14.0. The van der Waals surface area contributed by atoms with Crippen molar-refractivity contribution in [3.05, 3.63) is 29.8 Å². The van der Waals surface area contributed by atoms with Crippen LogP contribution in [0.5, 0.6) is 5.75 Å². The fourth-order valence-electron chi connectivity index (χ4n) is 2.84. The SMILES string of the molecule is CCCCCCCCCCCCc1ccc(OC(O)CC=O)cc1. The van der Waals surface area contributed by atoms with E-state index >= 15 is 0 Å². The van der Waals surface area contributed by atoms with E-state index in [1.54, 1.807) is 0 Å². The van der Waals surface area contributed by atoms with Gasteiger partial charge in [0.05, 0.1) is 6.42 Å². The topological polar surface area (TPSA) is 46.5 Å². The zero-order valence-electron chi connectivity index (χ0n) is 15.2. The van der Waals surface area contributed by atoms with Crippen molar-refractivity contribution in [1.29, 1.82) is 0 Å². The predicted octanol–water partition coefficient (Wildman–Crippen LogP) is 5.44. The van der Waals surface area contributed by atoms with E-state index in [1.165, 1.54) is 69.8 Å². The minimum absolute atomic E-state index is 0.000352. The highest BCUT2D eigenvalue weighted by Crippen LogP contribution is 2.16. The number of aliphatic hydroxyl groups is 1. The van der Waals surface area contributed by atoms with Crippen LogP contribution in [0.4, 0.5) is 0 Å². The van der Waals surface area contributed by atoms with Gasteiger partial charge in [-0.25, -0.2) is 0 Å².